The number of rotatable bonds is 7. The van der Waals surface area contributed by atoms with Crippen molar-refractivity contribution in [3.63, 3.8) is 0 Å². The summed E-state index contributed by atoms with van der Waals surface area (Å²) in [4.78, 5) is 7.12. The number of hydrogen-bond donors (Lipinski definition) is 2. The Balaban J connectivity index is 1.55. The van der Waals surface area contributed by atoms with Gasteiger partial charge < -0.3 is 15.3 Å². The Morgan fingerprint density at radius 2 is 2.29 bits per heavy atom. The van der Waals surface area contributed by atoms with E-state index < -0.39 is 0 Å². The highest BCUT2D eigenvalue weighted by atomic mass is 16.3. The average Bonchev–Trinajstić information content (AvgIpc) is 3.07. The minimum absolute atomic E-state index is 0.320. The zero-order valence-corrected chi connectivity index (χ0v) is 14.8. The van der Waals surface area contributed by atoms with E-state index in [0.29, 0.717) is 18.4 Å². The molecular weight excluding hydrogens is 302 g/mol. The molecule has 1 aliphatic rings. The molecule has 1 saturated heterocycles. The van der Waals surface area contributed by atoms with Gasteiger partial charge in [0.1, 0.15) is 5.82 Å². The van der Waals surface area contributed by atoms with Crippen LogP contribution in [0.25, 0.3) is 5.65 Å². The second-order valence-corrected chi connectivity index (χ2v) is 7.09. The van der Waals surface area contributed by atoms with Gasteiger partial charge in [-0.15, -0.1) is 0 Å². The summed E-state index contributed by atoms with van der Waals surface area (Å²) in [6.45, 7) is 8.82. The fraction of sp³-hybridized carbons (Fsp3) is 0.667. The molecule has 0 spiro atoms. The maximum Gasteiger partial charge on any atom is 0.157 e. The number of nitrogens with one attached hydrogen (secondary N) is 1. The van der Waals surface area contributed by atoms with E-state index in [1.165, 1.54) is 6.42 Å². The first-order valence-corrected chi connectivity index (χ1v) is 9.09. The van der Waals surface area contributed by atoms with Gasteiger partial charge in [0, 0.05) is 37.5 Å². The lowest BCUT2D eigenvalue weighted by Crippen LogP contribution is -2.37. The molecule has 1 unspecified atom stereocenters. The van der Waals surface area contributed by atoms with Gasteiger partial charge in [0.15, 0.2) is 5.65 Å². The first kappa shape index (κ1) is 17.2. The molecule has 3 rings (SSSR count). The summed E-state index contributed by atoms with van der Waals surface area (Å²) in [7, 11) is 0. The second-order valence-electron chi connectivity index (χ2n) is 7.09. The van der Waals surface area contributed by atoms with Crippen molar-refractivity contribution in [2.45, 2.75) is 39.0 Å². The predicted octanol–water partition coefficient (Wildman–Crippen LogP) is 2.36. The third kappa shape index (κ3) is 4.05. The minimum atomic E-state index is 0.320. The molecule has 24 heavy (non-hydrogen) atoms. The van der Waals surface area contributed by atoms with Crippen LogP contribution in [-0.4, -0.2) is 57.4 Å². The second kappa shape index (κ2) is 7.94. The van der Waals surface area contributed by atoms with Gasteiger partial charge in [0.05, 0.1) is 6.20 Å². The molecule has 1 fully saturated rings. The Labute approximate surface area is 143 Å². The van der Waals surface area contributed by atoms with E-state index in [2.05, 4.69) is 40.2 Å². The van der Waals surface area contributed by atoms with Crippen molar-refractivity contribution in [1.82, 2.24) is 19.5 Å². The number of aromatic nitrogens is 3. The fourth-order valence-electron chi connectivity index (χ4n) is 3.38. The zero-order valence-electron chi connectivity index (χ0n) is 14.8. The molecule has 1 atom stereocenters. The van der Waals surface area contributed by atoms with E-state index in [4.69, 9.17) is 0 Å². The van der Waals surface area contributed by atoms with Crippen LogP contribution >= 0.6 is 0 Å². The number of aliphatic hydroxyl groups is 1. The molecule has 1 aliphatic heterocycles. The molecule has 0 bridgehead atoms. The van der Waals surface area contributed by atoms with Crippen molar-refractivity contribution in [3.05, 3.63) is 24.0 Å². The van der Waals surface area contributed by atoms with Crippen molar-refractivity contribution < 1.29 is 5.11 Å². The Morgan fingerprint density at radius 3 is 3.08 bits per heavy atom. The van der Waals surface area contributed by atoms with Crippen molar-refractivity contribution in [1.29, 1.82) is 0 Å². The smallest absolute Gasteiger partial charge is 0.157 e. The van der Waals surface area contributed by atoms with Crippen molar-refractivity contribution >= 4 is 11.5 Å². The molecule has 132 valence electrons. The van der Waals surface area contributed by atoms with Gasteiger partial charge in [-0.2, -0.15) is 9.61 Å². The number of hydrogen-bond acceptors (Lipinski definition) is 5. The molecule has 0 aromatic carbocycles. The number of aliphatic hydroxyl groups excluding tert-OH is 1. The summed E-state index contributed by atoms with van der Waals surface area (Å²) in [5.41, 5.74) is 1.98. The first-order valence-electron chi connectivity index (χ1n) is 9.09. The fourth-order valence-corrected chi connectivity index (χ4v) is 3.38. The Morgan fingerprint density at radius 1 is 1.42 bits per heavy atom. The molecule has 3 heterocycles. The summed E-state index contributed by atoms with van der Waals surface area (Å²) in [6.07, 6.45) is 5.24. The monoisotopic (exact) mass is 331 g/mol. The van der Waals surface area contributed by atoms with E-state index in [1.807, 2.05) is 10.6 Å². The van der Waals surface area contributed by atoms with Gasteiger partial charge >= 0.3 is 0 Å². The van der Waals surface area contributed by atoms with Gasteiger partial charge in [-0.25, -0.2) is 4.98 Å². The van der Waals surface area contributed by atoms with Crippen LogP contribution in [0.5, 0.6) is 0 Å². The summed E-state index contributed by atoms with van der Waals surface area (Å²) >= 11 is 0. The molecule has 6 nitrogen and oxygen atoms in total. The molecule has 0 aliphatic carbocycles. The minimum Gasteiger partial charge on any atom is -0.396 e. The Hall–Kier alpha value is -1.66. The molecular formula is C18H29N5O. The molecule has 0 amide bonds. The van der Waals surface area contributed by atoms with E-state index in [0.717, 1.165) is 56.2 Å². The number of nitrogens with zero attached hydrogens (tertiary/aromatic N) is 4. The van der Waals surface area contributed by atoms with Gasteiger partial charge in [0.2, 0.25) is 0 Å². The maximum atomic E-state index is 9.33. The highest BCUT2D eigenvalue weighted by Crippen LogP contribution is 2.19. The largest absolute Gasteiger partial charge is 0.396 e. The molecule has 2 N–H and O–H groups in total. The van der Waals surface area contributed by atoms with Crippen LogP contribution in [0.2, 0.25) is 0 Å². The highest BCUT2D eigenvalue weighted by molar-refractivity contribution is 5.49. The molecule has 6 heteroatoms. The van der Waals surface area contributed by atoms with Crippen molar-refractivity contribution in [3.8, 4) is 0 Å². The SMILES string of the molecule is CC(C)c1cc(NCCCN2CCCC(CO)C2)n2nccc2n1. The summed E-state index contributed by atoms with van der Waals surface area (Å²) in [5.74, 6) is 1.87. The lowest BCUT2D eigenvalue weighted by molar-refractivity contribution is 0.120. The number of anilines is 1. The quantitative estimate of drug-likeness (QED) is 0.763. The molecule has 2 aromatic heterocycles. The maximum absolute atomic E-state index is 9.33. The van der Waals surface area contributed by atoms with Crippen molar-refractivity contribution in [2.75, 3.05) is 38.1 Å². The topological polar surface area (TPSA) is 65.7 Å². The van der Waals surface area contributed by atoms with Crippen LogP contribution in [0.4, 0.5) is 5.82 Å². The average molecular weight is 331 g/mol. The third-order valence-electron chi connectivity index (χ3n) is 4.79. The number of piperidine rings is 1. The standard InChI is InChI=1S/C18H29N5O/c1-14(2)16-11-18(23-17(21-16)6-8-20-23)19-7-4-10-22-9-3-5-15(12-22)13-24/h6,8,11,14-15,19,24H,3-5,7,9-10,12-13H2,1-2H3. The molecule has 0 saturated carbocycles. The Kier molecular flexibility index (Phi) is 5.68. The molecule has 0 radical (unpaired) electrons. The molecule has 2 aromatic rings. The van der Waals surface area contributed by atoms with E-state index in [9.17, 15) is 5.11 Å². The first-order chi connectivity index (χ1) is 11.7. The van der Waals surface area contributed by atoms with Crippen LogP contribution in [-0.2, 0) is 0 Å². The van der Waals surface area contributed by atoms with Crippen molar-refractivity contribution in [2.24, 2.45) is 5.92 Å². The number of likely N-dealkylation sites (tertiary alicyclic amines) is 1. The van der Waals surface area contributed by atoms with Crippen LogP contribution in [0.1, 0.15) is 44.7 Å². The lowest BCUT2D eigenvalue weighted by atomic mass is 9.99. The zero-order chi connectivity index (χ0) is 16.9. The highest BCUT2D eigenvalue weighted by Gasteiger charge is 2.18. The van der Waals surface area contributed by atoms with Crippen LogP contribution in [0, 0.1) is 5.92 Å². The van der Waals surface area contributed by atoms with Gasteiger partial charge in [-0.1, -0.05) is 13.8 Å². The van der Waals surface area contributed by atoms with Crippen LogP contribution < -0.4 is 5.32 Å². The van der Waals surface area contributed by atoms with Gasteiger partial charge in [-0.3, -0.25) is 0 Å². The third-order valence-corrected chi connectivity index (χ3v) is 4.79. The van der Waals surface area contributed by atoms with Crippen LogP contribution in [0.3, 0.4) is 0 Å². The van der Waals surface area contributed by atoms with Gasteiger partial charge in [0.25, 0.3) is 0 Å². The normalized spacial score (nSPS) is 19.2. The number of fused-ring (bicyclic) bond motifs is 1. The summed E-state index contributed by atoms with van der Waals surface area (Å²) in [5, 5.41) is 17.2. The van der Waals surface area contributed by atoms with Gasteiger partial charge in [-0.05, 0) is 44.2 Å². The van der Waals surface area contributed by atoms with E-state index in [1.54, 1.807) is 6.20 Å². The van der Waals surface area contributed by atoms with Crippen LogP contribution in [0.15, 0.2) is 18.3 Å². The predicted molar refractivity (Wildman–Crippen MR) is 96.4 cm³/mol. The summed E-state index contributed by atoms with van der Waals surface area (Å²) < 4.78 is 1.87. The van der Waals surface area contributed by atoms with E-state index >= 15 is 0 Å². The summed E-state index contributed by atoms with van der Waals surface area (Å²) in [6, 6.07) is 4.05. The van der Waals surface area contributed by atoms with E-state index in [-0.39, 0.29) is 0 Å². The Bertz CT molecular complexity index is 654. The lowest BCUT2D eigenvalue weighted by Gasteiger charge is -2.31.